The number of carbonyl (C=O) groups excluding carboxylic acids is 1. The van der Waals surface area contributed by atoms with Crippen LogP contribution < -0.4 is 5.32 Å². The highest BCUT2D eigenvalue weighted by molar-refractivity contribution is 5.83. The van der Waals surface area contributed by atoms with E-state index in [9.17, 15) is 4.79 Å². The van der Waals surface area contributed by atoms with Gasteiger partial charge in [0.05, 0.1) is 0 Å². The van der Waals surface area contributed by atoms with Gasteiger partial charge < -0.3 is 5.32 Å². The number of unbranched alkanes of at least 4 members (excludes halogenated alkanes) is 1. The van der Waals surface area contributed by atoms with E-state index in [2.05, 4.69) is 19.2 Å². The molecule has 0 amide bonds. The molecule has 0 radical (unpaired) electrons. The van der Waals surface area contributed by atoms with Gasteiger partial charge >= 0.3 is 0 Å². The summed E-state index contributed by atoms with van der Waals surface area (Å²) in [5.74, 6) is 2.43. The van der Waals surface area contributed by atoms with Crippen molar-refractivity contribution in [3.05, 3.63) is 0 Å². The minimum absolute atomic E-state index is 0.0384. The molecular weight excluding hydrogens is 222 g/mol. The Hall–Kier alpha value is -0.370. The van der Waals surface area contributed by atoms with Crippen LogP contribution in [0.3, 0.4) is 0 Å². The van der Waals surface area contributed by atoms with Gasteiger partial charge in [-0.1, -0.05) is 40.5 Å². The molecule has 1 heterocycles. The van der Waals surface area contributed by atoms with Crippen LogP contribution in [0.1, 0.15) is 60.3 Å². The van der Waals surface area contributed by atoms with Crippen molar-refractivity contribution >= 4 is 5.78 Å². The number of nitrogens with one attached hydrogen (secondary N) is 1. The van der Waals surface area contributed by atoms with E-state index in [1.165, 1.54) is 25.7 Å². The Labute approximate surface area is 113 Å². The van der Waals surface area contributed by atoms with Gasteiger partial charge in [-0.2, -0.15) is 0 Å². The van der Waals surface area contributed by atoms with E-state index >= 15 is 0 Å². The van der Waals surface area contributed by atoms with E-state index < -0.39 is 0 Å². The second kappa shape index (κ2) is 6.70. The van der Waals surface area contributed by atoms with E-state index in [0.717, 1.165) is 19.0 Å². The second-order valence-corrected chi connectivity index (χ2v) is 5.94. The maximum Gasteiger partial charge on any atom is 0.136 e. The molecule has 1 aliphatic carbocycles. The van der Waals surface area contributed by atoms with E-state index in [-0.39, 0.29) is 5.41 Å². The quantitative estimate of drug-likeness (QED) is 0.828. The third kappa shape index (κ3) is 2.64. The number of fused-ring (bicyclic) bond motifs is 1. The molecule has 0 aromatic carbocycles. The van der Waals surface area contributed by atoms with Crippen molar-refractivity contribution in [3.8, 4) is 0 Å². The first kappa shape index (κ1) is 15.7. The number of hydrogen-bond donors (Lipinski definition) is 1. The highest BCUT2D eigenvalue weighted by atomic mass is 16.1. The predicted octanol–water partition coefficient (Wildman–Crippen LogP) is 3.65. The Kier molecular flexibility index (Phi) is 5.84. The molecule has 1 N–H and O–H groups in total. The SMILES string of the molecule is CC.CCCCC1CC2CNCC2C1(C)C(C)=O. The van der Waals surface area contributed by atoms with Crippen molar-refractivity contribution in [1.29, 1.82) is 0 Å². The van der Waals surface area contributed by atoms with Gasteiger partial charge in [0.1, 0.15) is 5.78 Å². The first-order chi connectivity index (χ1) is 8.60. The number of hydrogen-bond acceptors (Lipinski definition) is 2. The lowest BCUT2D eigenvalue weighted by Crippen LogP contribution is -2.38. The van der Waals surface area contributed by atoms with Gasteiger partial charge in [0, 0.05) is 5.41 Å². The molecule has 0 aromatic heterocycles. The topological polar surface area (TPSA) is 29.1 Å². The summed E-state index contributed by atoms with van der Waals surface area (Å²) >= 11 is 0. The monoisotopic (exact) mass is 253 g/mol. The molecule has 0 aromatic rings. The summed E-state index contributed by atoms with van der Waals surface area (Å²) in [5.41, 5.74) is -0.0384. The van der Waals surface area contributed by atoms with Crippen LogP contribution in [-0.4, -0.2) is 18.9 Å². The molecule has 1 saturated heterocycles. The van der Waals surface area contributed by atoms with Crippen LogP contribution in [0.15, 0.2) is 0 Å². The van der Waals surface area contributed by atoms with Crippen LogP contribution in [0.25, 0.3) is 0 Å². The van der Waals surface area contributed by atoms with E-state index in [1.807, 2.05) is 13.8 Å². The van der Waals surface area contributed by atoms with Crippen LogP contribution in [0.4, 0.5) is 0 Å². The zero-order chi connectivity index (χ0) is 13.8. The van der Waals surface area contributed by atoms with Gasteiger partial charge in [0.25, 0.3) is 0 Å². The molecular formula is C16H31NO. The molecule has 2 fully saturated rings. The highest BCUT2D eigenvalue weighted by Crippen LogP contribution is 2.54. The Bertz CT molecular complexity index is 276. The fourth-order valence-electron chi connectivity index (χ4n) is 4.01. The number of carbonyl (C=O) groups is 1. The molecule has 1 aliphatic heterocycles. The van der Waals surface area contributed by atoms with Gasteiger partial charge in [-0.05, 0) is 50.6 Å². The van der Waals surface area contributed by atoms with E-state index in [4.69, 9.17) is 0 Å². The minimum atomic E-state index is -0.0384. The molecule has 1 saturated carbocycles. The normalized spacial score (nSPS) is 37.9. The van der Waals surface area contributed by atoms with Crippen molar-refractivity contribution in [2.75, 3.05) is 13.1 Å². The third-order valence-corrected chi connectivity index (χ3v) is 5.21. The Morgan fingerprint density at radius 1 is 1.33 bits per heavy atom. The zero-order valence-corrected chi connectivity index (χ0v) is 12.9. The fraction of sp³-hybridized carbons (Fsp3) is 0.938. The zero-order valence-electron chi connectivity index (χ0n) is 12.9. The first-order valence-electron chi connectivity index (χ1n) is 7.82. The lowest BCUT2D eigenvalue weighted by Gasteiger charge is -2.34. The predicted molar refractivity (Wildman–Crippen MR) is 77.6 cm³/mol. The van der Waals surface area contributed by atoms with Crippen LogP contribution in [0.2, 0.25) is 0 Å². The van der Waals surface area contributed by atoms with Crippen molar-refractivity contribution < 1.29 is 4.79 Å². The smallest absolute Gasteiger partial charge is 0.136 e. The van der Waals surface area contributed by atoms with Crippen LogP contribution in [0, 0.1) is 23.2 Å². The Morgan fingerprint density at radius 2 is 2.00 bits per heavy atom. The summed E-state index contributed by atoms with van der Waals surface area (Å²) in [6.07, 6.45) is 5.05. The third-order valence-electron chi connectivity index (χ3n) is 5.21. The van der Waals surface area contributed by atoms with Crippen LogP contribution in [-0.2, 0) is 4.79 Å². The molecule has 4 atom stereocenters. The maximum absolute atomic E-state index is 12.1. The molecule has 0 bridgehead atoms. The van der Waals surface area contributed by atoms with Gasteiger partial charge in [0.2, 0.25) is 0 Å². The largest absolute Gasteiger partial charge is 0.316 e. The lowest BCUT2D eigenvalue weighted by atomic mass is 9.69. The standard InChI is InChI=1S/C14H25NO.C2H6/c1-4-5-6-12-7-11-8-15-9-13(11)14(12,3)10(2)16;1-2/h11-13,15H,4-9H2,1-3H3;1-2H3. The minimum Gasteiger partial charge on any atom is -0.316 e. The van der Waals surface area contributed by atoms with Crippen LogP contribution >= 0.6 is 0 Å². The number of Topliss-reactive ketones (excluding diaryl/α,β-unsaturated/α-hetero) is 1. The summed E-state index contributed by atoms with van der Waals surface area (Å²) in [4.78, 5) is 12.1. The van der Waals surface area contributed by atoms with Gasteiger partial charge in [-0.15, -0.1) is 0 Å². The Balaban J connectivity index is 0.000000771. The average Bonchev–Trinajstić information content (AvgIpc) is 2.92. The second-order valence-electron chi connectivity index (χ2n) is 5.94. The molecule has 106 valence electrons. The summed E-state index contributed by atoms with van der Waals surface area (Å²) in [5, 5.41) is 3.46. The van der Waals surface area contributed by atoms with Crippen molar-refractivity contribution in [1.82, 2.24) is 5.32 Å². The van der Waals surface area contributed by atoms with E-state index in [1.54, 1.807) is 6.92 Å². The van der Waals surface area contributed by atoms with Crippen molar-refractivity contribution in [2.24, 2.45) is 23.2 Å². The van der Waals surface area contributed by atoms with Gasteiger partial charge in [-0.3, -0.25) is 4.79 Å². The molecule has 4 unspecified atom stereocenters. The summed E-state index contributed by atoms with van der Waals surface area (Å²) in [6, 6.07) is 0. The van der Waals surface area contributed by atoms with Crippen molar-refractivity contribution in [3.63, 3.8) is 0 Å². The first-order valence-corrected chi connectivity index (χ1v) is 7.82. The average molecular weight is 253 g/mol. The van der Waals surface area contributed by atoms with Gasteiger partial charge in [-0.25, -0.2) is 0 Å². The summed E-state index contributed by atoms with van der Waals surface area (Å²) < 4.78 is 0. The molecule has 0 spiro atoms. The lowest BCUT2D eigenvalue weighted by molar-refractivity contribution is -0.130. The summed E-state index contributed by atoms with van der Waals surface area (Å²) in [6.45, 7) is 12.5. The number of rotatable bonds is 4. The molecule has 2 rings (SSSR count). The Morgan fingerprint density at radius 3 is 2.56 bits per heavy atom. The molecule has 2 heteroatoms. The number of ketones is 1. The summed E-state index contributed by atoms with van der Waals surface area (Å²) in [7, 11) is 0. The fourth-order valence-corrected chi connectivity index (χ4v) is 4.01. The highest BCUT2D eigenvalue weighted by Gasteiger charge is 2.55. The van der Waals surface area contributed by atoms with Gasteiger partial charge in [0.15, 0.2) is 0 Å². The maximum atomic E-state index is 12.1. The molecule has 2 aliphatic rings. The van der Waals surface area contributed by atoms with E-state index in [0.29, 0.717) is 17.6 Å². The van der Waals surface area contributed by atoms with Crippen molar-refractivity contribution in [2.45, 2.75) is 60.3 Å². The molecule has 2 nitrogen and oxygen atoms in total. The molecule has 18 heavy (non-hydrogen) atoms. The van der Waals surface area contributed by atoms with Crippen LogP contribution in [0.5, 0.6) is 0 Å².